The van der Waals surface area contributed by atoms with E-state index in [9.17, 15) is 0 Å². The maximum Gasteiger partial charge on any atom is 0.141 e. The topological polar surface area (TPSA) is 35.5 Å². The first-order valence-corrected chi connectivity index (χ1v) is 12.2. The first-order valence-electron chi connectivity index (χ1n) is 11.3. The molecule has 6 heteroatoms. The van der Waals surface area contributed by atoms with Crippen molar-refractivity contribution >= 4 is 33.1 Å². The van der Waals surface area contributed by atoms with Crippen LogP contribution in [0.1, 0.15) is 36.5 Å². The second-order valence-corrected chi connectivity index (χ2v) is 9.41. The van der Waals surface area contributed by atoms with Gasteiger partial charge in [0.25, 0.3) is 0 Å². The minimum absolute atomic E-state index is 0.955. The molecule has 0 saturated carbocycles. The van der Waals surface area contributed by atoms with Gasteiger partial charge in [-0.1, -0.05) is 32.0 Å². The third-order valence-corrected chi connectivity index (χ3v) is 7.54. The van der Waals surface area contributed by atoms with Crippen molar-refractivity contribution in [2.24, 2.45) is 0 Å². The molecule has 0 atom stereocenters. The number of piperazine rings is 1. The molecule has 3 aromatic rings. The number of nitrogens with zero attached hydrogens (tertiary/aromatic N) is 5. The van der Waals surface area contributed by atoms with Crippen LogP contribution in [0.25, 0.3) is 10.2 Å². The highest BCUT2D eigenvalue weighted by molar-refractivity contribution is 7.19. The molecule has 4 heterocycles. The Hall–Kier alpha value is -2.18. The van der Waals surface area contributed by atoms with E-state index in [-0.39, 0.29) is 0 Å². The standard InChI is InChI=1S/C24H31N5S/c1-3-8-21-25-23(29-15-13-28(14-16-29)18-9-6-5-7-10-18)22-19-11-12-27(4-2)17-20(19)30-24(22)26-21/h5-7,9-10H,3-4,8,11-17H2,1-2H3. The Morgan fingerprint density at radius 3 is 2.43 bits per heavy atom. The Morgan fingerprint density at radius 1 is 0.933 bits per heavy atom. The van der Waals surface area contributed by atoms with Gasteiger partial charge in [-0.15, -0.1) is 11.3 Å². The van der Waals surface area contributed by atoms with Crippen molar-refractivity contribution in [3.63, 3.8) is 0 Å². The van der Waals surface area contributed by atoms with E-state index in [0.717, 1.165) is 70.9 Å². The van der Waals surface area contributed by atoms with Gasteiger partial charge in [-0.2, -0.15) is 0 Å². The number of anilines is 2. The third-order valence-electron chi connectivity index (χ3n) is 6.43. The van der Waals surface area contributed by atoms with Gasteiger partial charge in [-0.3, -0.25) is 4.90 Å². The van der Waals surface area contributed by atoms with Gasteiger partial charge >= 0.3 is 0 Å². The molecule has 0 N–H and O–H groups in total. The number of likely N-dealkylation sites (N-methyl/N-ethyl adjacent to an activating group) is 1. The second-order valence-electron chi connectivity index (χ2n) is 8.33. The quantitative estimate of drug-likeness (QED) is 0.612. The third kappa shape index (κ3) is 3.67. The van der Waals surface area contributed by atoms with Crippen LogP contribution < -0.4 is 9.80 Å². The number of aromatic nitrogens is 2. The van der Waals surface area contributed by atoms with Crippen LogP contribution in [0.15, 0.2) is 30.3 Å². The lowest BCUT2D eigenvalue weighted by Crippen LogP contribution is -2.47. The van der Waals surface area contributed by atoms with Crippen molar-refractivity contribution < 1.29 is 0 Å². The zero-order valence-electron chi connectivity index (χ0n) is 18.1. The van der Waals surface area contributed by atoms with Crippen LogP contribution in [0.3, 0.4) is 0 Å². The summed E-state index contributed by atoms with van der Waals surface area (Å²) in [7, 11) is 0. The molecule has 2 aliphatic heterocycles. The van der Waals surface area contributed by atoms with E-state index in [0.29, 0.717) is 0 Å². The van der Waals surface area contributed by atoms with Crippen molar-refractivity contribution in [2.45, 2.75) is 39.7 Å². The van der Waals surface area contributed by atoms with Gasteiger partial charge in [-0.05, 0) is 37.1 Å². The van der Waals surface area contributed by atoms with Crippen LogP contribution in [-0.2, 0) is 19.4 Å². The Labute approximate surface area is 183 Å². The van der Waals surface area contributed by atoms with Crippen LogP contribution >= 0.6 is 11.3 Å². The predicted molar refractivity (Wildman–Crippen MR) is 127 cm³/mol. The highest BCUT2D eigenvalue weighted by Crippen LogP contribution is 2.39. The predicted octanol–water partition coefficient (Wildman–Crippen LogP) is 4.35. The van der Waals surface area contributed by atoms with Crippen LogP contribution in [0.4, 0.5) is 11.5 Å². The molecular weight excluding hydrogens is 390 g/mol. The van der Waals surface area contributed by atoms with E-state index in [1.165, 1.54) is 32.2 Å². The van der Waals surface area contributed by atoms with Gasteiger partial charge in [0.2, 0.25) is 0 Å². The average molecular weight is 422 g/mol. The van der Waals surface area contributed by atoms with Crippen LogP contribution in [0.2, 0.25) is 0 Å². The van der Waals surface area contributed by atoms with E-state index in [2.05, 4.69) is 58.9 Å². The lowest BCUT2D eigenvalue weighted by molar-refractivity contribution is 0.272. The Bertz CT molecular complexity index is 1010. The molecule has 30 heavy (non-hydrogen) atoms. The molecule has 0 radical (unpaired) electrons. The molecule has 5 nitrogen and oxygen atoms in total. The molecule has 1 aromatic carbocycles. The fourth-order valence-electron chi connectivity index (χ4n) is 4.72. The van der Waals surface area contributed by atoms with Crippen molar-refractivity contribution in [3.05, 3.63) is 46.6 Å². The number of rotatable bonds is 5. The van der Waals surface area contributed by atoms with Crippen LogP contribution in [0.5, 0.6) is 0 Å². The van der Waals surface area contributed by atoms with Gasteiger partial charge in [0.15, 0.2) is 0 Å². The van der Waals surface area contributed by atoms with Gasteiger partial charge in [0.1, 0.15) is 16.5 Å². The maximum atomic E-state index is 5.12. The summed E-state index contributed by atoms with van der Waals surface area (Å²) in [6.07, 6.45) is 3.16. The lowest BCUT2D eigenvalue weighted by Gasteiger charge is -2.37. The number of fused-ring (bicyclic) bond motifs is 3. The summed E-state index contributed by atoms with van der Waals surface area (Å²) in [5.41, 5.74) is 2.84. The van der Waals surface area contributed by atoms with Crippen molar-refractivity contribution in [1.29, 1.82) is 0 Å². The highest BCUT2D eigenvalue weighted by atomic mass is 32.1. The molecule has 158 valence electrons. The fraction of sp³-hybridized carbons (Fsp3) is 0.500. The van der Waals surface area contributed by atoms with E-state index in [1.807, 2.05) is 11.3 Å². The summed E-state index contributed by atoms with van der Waals surface area (Å²) in [4.78, 5) is 20.4. The molecule has 0 bridgehead atoms. The maximum absolute atomic E-state index is 5.12. The van der Waals surface area contributed by atoms with Crippen LogP contribution in [0, 0.1) is 0 Å². The summed E-state index contributed by atoms with van der Waals surface area (Å²) in [6, 6.07) is 10.8. The summed E-state index contributed by atoms with van der Waals surface area (Å²) < 4.78 is 0. The molecule has 1 saturated heterocycles. The van der Waals surface area contributed by atoms with E-state index < -0.39 is 0 Å². The lowest BCUT2D eigenvalue weighted by atomic mass is 10.0. The monoisotopic (exact) mass is 421 g/mol. The number of hydrogen-bond donors (Lipinski definition) is 0. The fourth-order valence-corrected chi connectivity index (χ4v) is 6.00. The molecule has 2 aromatic heterocycles. The molecule has 2 aliphatic rings. The first-order chi connectivity index (χ1) is 14.8. The van der Waals surface area contributed by atoms with E-state index in [1.54, 1.807) is 0 Å². The summed E-state index contributed by atoms with van der Waals surface area (Å²) >= 11 is 1.90. The van der Waals surface area contributed by atoms with E-state index in [4.69, 9.17) is 9.97 Å². The Morgan fingerprint density at radius 2 is 1.70 bits per heavy atom. The molecule has 5 rings (SSSR count). The highest BCUT2D eigenvalue weighted by Gasteiger charge is 2.27. The number of aryl methyl sites for hydroxylation is 1. The second kappa shape index (κ2) is 8.52. The summed E-state index contributed by atoms with van der Waals surface area (Å²) in [5, 5.41) is 1.35. The summed E-state index contributed by atoms with van der Waals surface area (Å²) in [6.45, 7) is 11.9. The first kappa shape index (κ1) is 19.8. The van der Waals surface area contributed by atoms with Gasteiger partial charge in [-0.25, -0.2) is 9.97 Å². The zero-order valence-corrected chi connectivity index (χ0v) is 18.9. The number of hydrogen-bond acceptors (Lipinski definition) is 6. The molecule has 0 unspecified atom stereocenters. The Kier molecular flexibility index (Phi) is 5.61. The van der Waals surface area contributed by atoms with Gasteiger partial charge in [0, 0.05) is 56.3 Å². The van der Waals surface area contributed by atoms with Crippen molar-refractivity contribution in [3.8, 4) is 0 Å². The van der Waals surface area contributed by atoms with Gasteiger partial charge < -0.3 is 9.80 Å². The molecule has 0 amide bonds. The summed E-state index contributed by atoms with van der Waals surface area (Å²) in [5.74, 6) is 2.20. The number of benzene rings is 1. The van der Waals surface area contributed by atoms with Crippen molar-refractivity contribution in [1.82, 2.24) is 14.9 Å². The minimum atomic E-state index is 0.955. The normalized spacial score (nSPS) is 17.5. The largest absolute Gasteiger partial charge is 0.368 e. The Balaban J connectivity index is 1.48. The molecule has 0 aliphatic carbocycles. The average Bonchev–Trinajstić information content (AvgIpc) is 3.17. The van der Waals surface area contributed by atoms with E-state index >= 15 is 0 Å². The minimum Gasteiger partial charge on any atom is -0.368 e. The molecular formula is C24H31N5S. The zero-order chi connectivity index (χ0) is 20.5. The number of thiophene rings is 1. The van der Waals surface area contributed by atoms with Crippen LogP contribution in [-0.4, -0.2) is 54.1 Å². The molecule has 1 fully saturated rings. The SMILES string of the molecule is CCCc1nc(N2CCN(c3ccccc3)CC2)c2c3c(sc2n1)CN(CC)CC3. The molecule has 0 spiro atoms. The van der Waals surface area contributed by atoms with Gasteiger partial charge in [0.05, 0.1) is 5.39 Å². The van der Waals surface area contributed by atoms with Crippen molar-refractivity contribution in [2.75, 3.05) is 49.1 Å². The smallest absolute Gasteiger partial charge is 0.141 e. The number of para-hydroxylation sites is 1.